The molecule has 228 valence electrons. The summed E-state index contributed by atoms with van der Waals surface area (Å²) in [5.41, 5.74) is 9.50. The Morgan fingerprint density at radius 1 is 0.682 bits per heavy atom. The van der Waals surface area contributed by atoms with Crippen molar-refractivity contribution in [2.75, 3.05) is 0 Å². The highest BCUT2D eigenvalue weighted by atomic mass is 16.6. The third-order valence-corrected chi connectivity index (χ3v) is 10.3. The molecule has 0 heterocycles. The molecule has 2 atom stereocenters. The molecular formula is C41H46O3. The zero-order valence-electron chi connectivity index (χ0n) is 27.6. The van der Waals surface area contributed by atoms with Crippen molar-refractivity contribution in [1.82, 2.24) is 0 Å². The number of ketones is 1. The minimum Gasteiger partial charge on any atom is -0.459 e. The molecule has 0 N–H and O–H groups in total. The van der Waals surface area contributed by atoms with E-state index in [0.29, 0.717) is 11.8 Å². The number of aryl methyl sites for hydroxylation is 2. The standard InChI is InChI=1S/C41H46O3/c1-25(42)40(5,6)36-19-17-30(23-34(36)32-15-11-26-9-13-28(26)21-32)31-18-20-37(41(7,8)38(43)44-39(2,3)4)35(24-31)33-16-12-27-10-14-29(27)22-33/h11-12,15-24,26,28H,9-10,13-14H2,1-8H3. The van der Waals surface area contributed by atoms with Crippen molar-refractivity contribution in [2.24, 2.45) is 11.8 Å². The number of allylic oxidation sites excluding steroid dienone is 4. The first-order valence-corrected chi connectivity index (χ1v) is 16.2. The molecule has 0 bridgehead atoms. The van der Waals surface area contributed by atoms with Crippen LogP contribution in [0.1, 0.15) is 96.0 Å². The second kappa shape index (κ2) is 10.7. The lowest BCUT2D eigenvalue weighted by Crippen LogP contribution is -2.37. The molecule has 3 aromatic rings. The Morgan fingerprint density at radius 2 is 1.27 bits per heavy atom. The fourth-order valence-corrected chi connectivity index (χ4v) is 6.77. The van der Waals surface area contributed by atoms with Gasteiger partial charge in [-0.05, 0) is 161 Å². The molecule has 3 aliphatic rings. The molecule has 0 aliphatic heterocycles. The van der Waals surface area contributed by atoms with Gasteiger partial charge in [0, 0.05) is 5.41 Å². The van der Waals surface area contributed by atoms with Crippen LogP contribution in [-0.4, -0.2) is 17.4 Å². The van der Waals surface area contributed by atoms with Crippen molar-refractivity contribution in [2.45, 2.75) is 97.5 Å². The predicted molar refractivity (Wildman–Crippen MR) is 181 cm³/mol. The van der Waals surface area contributed by atoms with E-state index in [2.05, 4.69) is 72.8 Å². The molecule has 3 aliphatic carbocycles. The fraction of sp³-hybridized carbons (Fsp3) is 0.415. The van der Waals surface area contributed by atoms with Crippen LogP contribution in [0.2, 0.25) is 0 Å². The zero-order chi connectivity index (χ0) is 31.6. The van der Waals surface area contributed by atoms with Gasteiger partial charge < -0.3 is 4.74 Å². The molecule has 0 saturated heterocycles. The number of hydrogen-bond acceptors (Lipinski definition) is 3. The van der Waals surface area contributed by atoms with Gasteiger partial charge in [-0.3, -0.25) is 9.59 Å². The Morgan fingerprint density at radius 3 is 1.80 bits per heavy atom. The number of carbonyl (C=O) groups excluding carboxylic acids is 2. The summed E-state index contributed by atoms with van der Waals surface area (Å²) in [5, 5.41) is 0. The lowest BCUT2D eigenvalue weighted by molar-refractivity contribution is -0.160. The van der Waals surface area contributed by atoms with Crippen LogP contribution in [0.3, 0.4) is 0 Å². The van der Waals surface area contributed by atoms with Crippen molar-refractivity contribution in [3.63, 3.8) is 0 Å². The van der Waals surface area contributed by atoms with Crippen LogP contribution < -0.4 is 0 Å². The maximum absolute atomic E-state index is 13.5. The highest BCUT2D eigenvalue weighted by Gasteiger charge is 2.37. The molecule has 44 heavy (non-hydrogen) atoms. The molecule has 1 fully saturated rings. The second-order valence-electron chi connectivity index (χ2n) is 15.2. The molecule has 0 amide bonds. The number of ether oxygens (including phenoxy) is 1. The van der Waals surface area contributed by atoms with E-state index in [9.17, 15) is 9.59 Å². The summed E-state index contributed by atoms with van der Waals surface area (Å²) >= 11 is 0. The normalized spacial score (nSPS) is 19.2. The van der Waals surface area contributed by atoms with Gasteiger partial charge >= 0.3 is 5.97 Å². The van der Waals surface area contributed by atoms with Crippen molar-refractivity contribution >= 4 is 17.3 Å². The van der Waals surface area contributed by atoms with Crippen LogP contribution in [0.5, 0.6) is 0 Å². The minimum absolute atomic E-state index is 0.158. The van der Waals surface area contributed by atoms with E-state index in [4.69, 9.17) is 4.74 Å². The maximum Gasteiger partial charge on any atom is 0.316 e. The summed E-state index contributed by atoms with van der Waals surface area (Å²) in [4.78, 5) is 26.4. The Kier molecular flexibility index (Phi) is 7.38. The second-order valence-corrected chi connectivity index (χ2v) is 15.2. The van der Waals surface area contributed by atoms with Crippen molar-refractivity contribution in [1.29, 1.82) is 0 Å². The van der Waals surface area contributed by atoms with Crippen LogP contribution in [0.25, 0.3) is 27.8 Å². The highest BCUT2D eigenvalue weighted by Crippen LogP contribution is 2.45. The van der Waals surface area contributed by atoms with E-state index in [1.807, 2.05) is 48.5 Å². The summed E-state index contributed by atoms with van der Waals surface area (Å²) in [7, 11) is 0. The lowest BCUT2D eigenvalue weighted by Gasteiger charge is -2.36. The van der Waals surface area contributed by atoms with Gasteiger partial charge in [0.1, 0.15) is 11.4 Å². The van der Waals surface area contributed by atoms with Crippen molar-refractivity contribution in [3.8, 4) is 22.3 Å². The Bertz CT molecular complexity index is 1720. The highest BCUT2D eigenvalue weighted by molar-refractivity contribution is 5.92. The summed E-state index contributed by atoms with van der Waals surface area (Å²) in [6, 6.07) is 19.8. The van der Waals surface area contributed by atoms with E-state index in [1.54, 1.807) is 6.92 Å². The largest absolute Gasteiger partial charge is 0.459 e. The number of esters is 1. The third-order valence-electron chi connectivity index (χ3n) is 10.3. The number of hydrogen-bond donors (Lipinski definition) is 0. The molecule has 1 saturated carbocycles. The Hall–Kier alpha value is -3.72. The minimum atomic E-state index is -0.846. The smallest absolute Gasteiger partial charge is 0.316 e. The predicted octanol–water partition coefficient (Wildman–Crippen LogP) is 9.58. The number of carbonyl (C=O) groups is 2. The molecule has 3 heteroatoms. The molecule has 6 rings (SSSR count). The van der Waals surface area contributed by atoms with Gasteiger partial charge in [-0.15, -0.1) is 0 Å². The average Bonchev–Trinajstić information content (AvgIpc) is 2.92. The molecule has 2 unspecified atom stereocenters. The van der Waals surface area contributed by atoms with Gasteiger partial charge in [0.15, 0.2) is 0 Å². The van der Waals surface area contributed by atoms with Crippen LogP contribution in [0.4, 0.5) is 0 Å². The van der Waals surface area contributed by atoms with Crippen LogP contribution >= 0.6 is 0 Å². The zero-order valence-corrected chi connectivity index (χ0v) is 27.6. The summed E-state index contributed by atoms with van der Waals surface area (Å²) in [6.45, 7) is 15.4. The first-order chi connectivity index (χ1) is 20.6. The van der Waals surface area contributed by atoms with Crippen molar-refractivity contribution < 1.29 is 14.3 Å². The van der Waals surface area contributed by atoms with Crippen molar-refractivity contribution in [3.05, 3.63) is 101 Å². The quantitative estimate of drug-likeness (QED) is 0.259. The molecule has 3 aromatic carbocycles. The molecule has 0 spiro atoms. The van der Waals surface area contributed by atoms with Crippen LogP contribution in [-0.2, 0) is 38.0 Å². The maximum atomic E-state index is 13.5. The summed E-state index contributed by atoms with van der Waals surface area (Å²) < 4.78 is 5.91. The van der Waals surface area contributed by atoms with Gasteiger partial charge in [0.2, 0.25) is 0 Å². The lowest BCUT2D eigenvalue weighted by atomic mass is 9.68. The van der Waals surface area contributed by atoms with Crippen LogP contribution in [0.15, 0.2) is 72.8 Å². The van der Waals surface area contributed by atoms with Gasteiger partial charge in [0.25, 0.3) is 0 Å². The third kappa shape index (κ3) is 5.40. The van der Waals surface area contributed by atoms with E-state index in [0.717, 1.165) is 51.8 Å². The average molecular weight is 587 g/mol. The van der Waals surface area contributed by atoms with E-state index >= 15 is 0 Å². The van der Waals surface area contributed by atoms with Gasteiger partial charge in [-0.2, -0.15) is 0 Å². The summed E-state index contributed by atoms with van der Waals surface area (Å²) in [6.07, 6.45) is 11.7. The fourth-order valence-electron chi connectivity index (χ4n) is 6.77. The Labute approximate surface area is 263 Å². The van der Waals surface area contributed by atoms with E-state index in [-0.39, 0.29) is 11.8 Å². The van der Waals surface area contributed by atoms with Gasteiger partial charge in [-0.1, -0.05) is 60.7 Å². The molecular weight excluding hydrogens is 540 g/mol. The number of rotatable bonds is 7. The van der Waals surface area contributed by atoms with Gasteiger partial charge in [-0.25, -0.2) is 0 Å². The van der Waals surface area contributed by atoms with E-state index in [1.165, 1.54) is 29.5 Å². The SMILES string of the molecule is CC(=O)C(C)(C)c1ccc(-c2ccc(C(C)(C)C(=O)OC(C)(C)C)c(-c3ccc4c(c3)CC4)c2)cc1C1=CC2CCC2C=C1. The van der Waals surface area contributed by atoms with Crippen LogP contribution in [0, 0.1) is 11.8 Å². The molecule has 3 nitrogen and oxygen atoms in total. The Balaban J connectivity index is 1.50. The van der Waals surface area contributed by atoms with E-state index < -0.39 is 16.4 Å². The summed E-state index contributed by atoms with van der Waals surface area (Å²) in [5.74, 6) is 1.16. The first kappa shape index (κ1) is 30.3. The topological polar surface area (TPSA) is 43.4 Å². The monoisotopic (exact) mass is 586 g/mol. The first-order valence-electron chi connectivity index (χ1n) is 16.2. The number of fused-ring (bicyclic) bond motifs is 2. The molecule has 0 radical (unpaired) electrons. The molecule has 0 aromatic heterocycles. The number of benzene rings is 3. The number of Topliss-reactive ketones (excluding diaryl/α,β-unsaturated/α-hetero) is 1. The van der Waals surface area contributed by atoms with Gasteiger partial charge in [0.05, 0.1) is 5.41 Å².